The molecule has 0 aliphatic heterocycles. The average Bonchev–Trinajstić information content (AvgIpc) is 2.09. The van der Waals surface area contributed by atoms with Crippen molar-refractivity contribution in [3.05, 3.63) is 42.1 Å². The van der Waals surface area contributed by atoms with E-state index in [-0.39, 0.29) is 0 Å². The lowest BCUT2D eigenvalue weighted by atomic mass is 10.2. The summed E-state index contributed by atoms with van der Waals surface area (Å²) in [6, 6.07) is 10.1. The van der Waals surface area contributed by atoms with Crippen LogP contribution in [0.1, 0.15) is 5.56 Å². The first-order valence-corrected chi connectivity index (χ1v) is 4.62. The summed E-state index contributed by atoms with van der Waals surface area (Å²) in [6.07, 6.45) is 3.66. The van der Waals surface area contributed by atoms with Crippen LogP contribution in [0.2, 0.25) is 0 Å². The van der Waals surface area contributed by atoms with Gasteiger partial charge in [-0.3, -0.25) is 0 Å². The summed E-state index contributed by atoms with van der Waals surface area (Å²) in [5, 5.41) is 0. The van der Waals surface area contributed by atoms with Crippen LogP contribution in [-0.4, -0.2) is 6.26 Å². The van der Waals surface area contributed by atoms with Gasteiger partial charge in [0.1, 0.15) is 0 Å². The molecule has 1 rings (SSSR count). The number of hydrogen-bond acceptors (Lipinski definition) is 2. The second kappa shape index (κ2) is 4.09. The van der Waals surface area contributed by atoms with E-state index >= 15 is 0 Å². The fraction of sp³-hybridized carbons (Fsp3) is 0.111. The Morgan fingerprint density at radius 2 is 2.00 bits per heavy atom. The minimum Gasteiger partial charge on any atom is -0.404 e. The number of benzene rings is 1. The molecule has 0 aliphatic carbocycles. The third kappa shape index (κ3) is 2.02. The Kier molecular flexibility index (Phi) is 3.05. The van der Waals surface area contributed by atoms with Crippen molar-refractivity contribution in [3.63, 3.8) is 0 Å². The summed E-state index contributed by atoms with van der Waals surface area (Å²) in [5.41, 5.74) is 6.62. The zero-order chi connectivity index (χ0) is 8.10. The van der Waals surface area contributed by atoms with Crippen molar-refractivity contribution in [3.8, 4) is 0 Å². The van der Waals surface area contributed by atoms with Gasteiger partial charge in [-0.1, -0.05) is 30.3 Å². The van der Waals surface area contributed by atoms with Crippen molar-refractivity contribution in [2.24, 2.45) is 5.73 Å². The van der Waals surface area contributed by atoms with Crippen molar-refractivity contribution in [2.75, 3.05) is 6.26 Å². The second-order valence-electron chi connectivity index (χ2n) is 2.10. The molecule has 0 spiro atoms. The molecule has 2 heteroatoms. The van der Waals surface area contributed by atoms with Gasteiger partial charge in [0, 0.05) is 11.1 Å². The van der Waals surface area contributed by atoms with E-state index in [2.05, 4.69) is 12.1 Å². The number of thioether (sulfide) groups is 1. The largest absolute Gasteiger partial charge is 0.404 e. The molecule has 0 saturated heterocycles. The zero-order valence-corrected chi connectivity index (χ0v) is 7.27. The van der Waals surface area contributed by atoms with Crippen LogP contribution >= 0.6 is 11.8 Å². The van der Waals surface area contributed by atoms with Crippen LogP contribution in [0.25, 0.3) is 4.91 Å². The van der Waals surface area contributed by atoms with E-state index in [0.717, 1.165) is 4.91 Å². The molecule has 0 amide bonds. The van der Waals surface area contributed by atoms with E-state index in [1.54, 1.807) is 18.0 Å². The molecule has 0 aromatic heterocycles. The molecule has 1 nitrogen and oxygen atoms in total. The predicted molar refractivity (Wildman–Crippen MR) is 52.1 cm³/mol. The topological polar surface area (TPSA) is 26.0 Å². The molecule has 1 aromatic rings. The van der Waals surface area contributed by atoms with Gasteiger partial charge in [0.15, 0.2) is 0 Å². The summed E-state index contributed by atoms with van der Waals surface area (Å²) in [4.78, 5) is 1.12. The van der Waals surface area contributed by atoms with Crippen LogP contribution in [-0.2, 0) is 0 Å². The molecule has 0 atom stereocenters. The molecule has 0 fully saturated rings. The van der Waals surface area contributed by atoms with Crippen LogP contribution in [0.4, 0.5) is 0 Å². The van der Waals surface area contributed by atoms with Crippen molar-refractivity contribution >= 4 is 16.7 Å². The highest BCUT2D eigenvalue weighted by atomic mass is 32.2. The van der Waals surface area contributed by atoms with Gasteiger partial charge in [-0.15, -0.1) is 11.8 Å². The third-order valence-corrected chi connectivity index (χ3v) is 2.24. The molecular formula is C9H11NS. The minimum absolute atomic E-state index is 1.12. The van der Waals surface area contributed by atoms with Gasteiger partial charge >= 0.3 is 0 Å². The zero-order valence-electron chi connectivity index (χ0n) is 6.45. The lowest BCUT2D eigenvalue weighted by molar-refractivity contribution is 1.59. The average molecular weight is 165 g/mol. The standard InChI is InChI=1S/C9H11NS/c1-11-9(7-10)8-5-3-2-4-6-8/h2-7H,10H2,1H3/b9-7-. The molecule has 1 aromatic carbocycles. The molecule has 0 saturated carbocycles. The maximum Gasteiger partial charge on any atom is 0.0296 e. The van der Waals surface area contributed by atoms with Crippen LogP contribution in [0.15, 0.2) is 36.5 Å². The first-order valence-electron chi connectivity index (χ1n) is 3.40. The lowest BCUT2D eigenvalue weighted by Gasteiger charge is -2.00. The van der Waals surface area contributed by atoms with Gasteiger partial charge in [0.05, 0.1) is 0 Å². The fourth-order valence-electron chi connectivity index (χ4n) is 0.885. The van der Waals surface area contributed by atoms with Gasteiger partial charge in [0.25, 0.3) is 0 Å². The van der Waals surface area contributed by atoms with E-state index in [9.17, 15) is 0 Å². The molecule has 0 radical (unpaired) electrons. The minimum atomic E-state index is 1.12. The van der Waals surface area contributed by atoms with Crippen LogP contribution in [0, 0.1) is 0 Å². The van der Waals surface area contributed by atoms with Crippen molar-refractivity contribution in [1.29, 1.82) is 0 Å². The Morgan fingerprint density at radius 3 is 2.45 bits per heavy atom. The van der Waals surface area contributed by atoms with Gasteiger partial charge in [-0.2, -0.15) is 0 Å². The van der Waals surface area contributed by atoms with Crippen LogP contribution in [0.3, 0.4) is 0 Å². The SMILES string of the molecule is CS/C(=C\N)c1ccccc1. The third-order valence-electron chi connectivity index (χ3n) is 1.43. The summed E-state index contributed by atoms with van der Waals surface area (Å²) < 4.78 is 0. The Morgan fingerprint density at radius 1 is 1.36 bits per heavy atom. The van der Waals surface area contributed by atoms with Crippen LogP contribution in [0.5, 0.6) is 0 Å². The number of nitrogens with two attached hydrogens (primary N) is 1. The lowest BCUT2D eigenvalue weighted by Crippen LogP contribution is -1.84. The maximum atomic E-state index is 5.43. The van der Waals surface area contributed by atoms with Crippen molar-refractivity contribution in [2.45, 2.75) is 0 Å². The van der Waals surface area contributed by atoms with Gasteiger partial charge < -0.3 is 5.73 Å². The van der Waals surface area contributed by atoms with E-state index in [1.165, 1.54) is 5.56 Å². The Hall–Kier alpha value is -0.890. The van der Waals surface area contributed by atoms with E-state index < -0.39 is 0 Å². The summed E-state index contributed by atoms with van der Waals surface area (Å²) in [7, 11) is 0. The maximum absolute atomic E-state index is 5.43. The highest BCUT2D eigenvalue weighted by Gasteiger charge is 1.95. The Labute approximate surface area is 71.3 Å². The van der Waals surface area contributed by atoms with Crippen LogP contribution < -0.4 is 5.73 Å². The molecule has 11 heavy (non-hydrogen) atoms. The molecule has 0 heterocycles. The molecule has 2 N–H and O–H groups in total. The quantitative estimate of drug-likeness (QED) is 0.727. The number of rotatable bonds is 2. The predicted octanol–water partition coefficient (Wildman–Crippen LogP) is 2.31. The van der Waals surface area contributed by atoms with E-state index in [1.807, 2.05) is 24.5 Å². The molecular weight excluding hydrogens is 154 g/mol. The molecule has 0 unspecified atom stereocenters. The fourth-order valence-corrected chi connectivity index (χ4v) is 1.39. The highest BCUT2D eigenvalue weighted by molar-refractivity contribution is 8.07. The summed E-state index contributed by atoms with van der Waals surface area (Å²) >= 11 is 1.66. The first kappa shape index (κ1) is 8.21. The molecule has 0 aliphatic rings. The normalized spacial score (nSPS) is 11.5. The van der Waals surface area contributed by atoms with Crippen molar-refractivity contribution < 1.29 is 0 Å². The smallest absolute Gasteiger partial charge is 0.0296 e. The second-order valence-corrected chi connectivity index (χ2v) is 2.95. The summed E-state index contributed by atoms with van der Waals surface area (Å²) in [6.45, 7) is 0. The van der Waals surface area contributed by atoms with Gasteiger partial charge in [-0.05, 0) is 11.8 Å². The highest BCUT2D eigenvalue weighted by Crippen LogP contribution is 2.22. The molecule has 0 bridgehead atoms. The monoisotopic (exact) mass is 165 g/mol. The molecule has 58 valence electrons. The number of hydrogen-bond donors (Lipinski definition) is 1. The van der Waals surface area contributed by atoms with Gasteiger partial charge in [-0.25, -0.2) is 0 Å². The Bertz CT molecular complexity index is 241. The van der Waals surface area contributed by atoms with Crippen molar-refractivity contribution in [1.82, 2.24) is 0 Å². The Balaban J connectivity index is 2.92. The first-order chi connectivity index (χ1) is 5.38. The van der Waals surface area contributed by atoms with E-state index in [0.29, 0.717) is 0 Å². The van der Waals surface area contributed by atoms with E-state index in [4.69, 9.17) is 5.73 Å². The summed E-state index contributed by atoms with van der Waals surface area (Å²) in [5.74, 6) is 0. The van der Waals surface area contributed by atoms with Gasteiger partial charge in [0.2, 0.25) is 0 Å².